The summed E-state index contributed by atoms with van der Waals surface area (Å²) in [6, 6.07) is 16.4. The summed E-state index contributed by atoms with van der Waals surface area (Å²) >= 11 is 1.44. The number of pyridine rings is 1. The fourth-order valence-electron chi connectivity index (χ4n) is 2.34. The molecule has 0 bridgehead atoms. The van der Waals surface area contributed by atoms with Crippen molar-refractivity contribution in [2.24, 2.45) is 0 Å². The number of nitrogens with zero attached hydrogens (tertiary/aromatic N) is 1. The molecule has 0 unspecified atom stereocenters. The first kappa shape index (κ1) is 17.0. The van der Waals surface area contributed by atoms with E-state index < -0.39 is 5.97 Å². The van der Waals surface area contributed by atoms with Crippen molar-refractivity contribution < 1.29 is 14.3 Å². The molecule has 3 aromatic rings. The predicted molar refractivity (Wildman–Crippen MR) is 98.9 cm³/mol. The van der Waals surface area contributed by atoms with E-state index in [1.54, 1.807) is 30.5 Å². The standard InChI is InChI=1S/C19H16N2O3S/c1-24-19(23)14-7-9-15(10-8-14)21-17(22)12-25-16-6-2-4-13-5-3-11-20-18(13)16/h2-11H,12H2,1H3,(H,21,22). The molecule has 0 saturated carbocycles. The van der Waals surface area contributed by atoms with Gasteiger partial charge in [-0.1, -0.05) is 18.2 Å². The summed E-state index contributed by atoms with van der Waals surface area (Å²) in [7, 11) is 1.33. The Bertz CT molecular complexity index is 905. The van der Waals surface area contributed by atoms with E-state index in [1.807, 2.05) is 30.3 Å². The number of hydrogen-bond acceptors (Lipinski definition) is 5. The molecule has 1 N–H and O–H groups in total. The maximum absolute atomic E-state index is 12.2. The fourth-order valence-corrected chi connectivity index (χ4v) is 3.18. The molecule has 0 aliphatic carbocycles. The number of methoxy groups -OCH3 is 1. The second-order valence-electron chi connectivity index (χ2n) is 5.24. The minimum atomic E-state index is -0.406. The van der Waals surface area contributed by atoms with Gasteiger partial charge < -0.3 is 10.1 Å². The number of fused-ring (bicyclic) bond motifs is 1. The van der Waals surface area contributed by atoms with Crippen LogP contribution in [0.2, 0.25) is 0 Å². The van der Waals surface area contributed by atoms with E-state index in [4.69, 9.17) is 0 Å². The van der Waals surface area contributed by atoms with Crippen molar-refractivity contribution >= 4 is 40.2 Å². The number of nitrogens with one attached hydrogen (secondary N) is 1. The maximum atomic E-state index is 12.2. The van der Waals surface area contributed by atoms with Crippen LogP contribution < -0.4 is 5.32 Å². The molecule has 0 saturated heterocycles. The third-order valence-electron chi connectivity index (χ3n) is 3.54. The molecule has 2 aromatic carbocycles. The zero-order valence-corrected chi connectivity index (χ0v) is 14.4. The van der Waals surface area contributed by atoms with Crippen LogP contribution in [0.1, 0.15) is 10.4 Å². The number of esters is 1. The Morgan fingerprint density at radius 3 is 2.60 bits per heavy atom. The number of amides is 1. The molecular weight excluding hydrogens is 336 g/mol. The molecule has 0 aliphatic rings. The Labute approximate surface area is 149 Å². The smallest absolute Gasteiger partial charge is 0.337 e. The Balaban J connectivity index is 1.62. The largest absolute Gasteiger partial charge is 0.465 e. The van der Waals surface area contributed by atoms with Gasteiger partial charge >= 0.3 is 5.97 Å². The van der Waals surface area contributed by atoms with Gasteiger partial charge in [-0.15, -0.1) is 11.8 Å². The minimum absolute atomic E-state index is 0.122. The van der Waals surface area contributed by atoms with Crippen LogP contribution in [-0.2, 0) is 9.53 Å². The van der Waals surface area contributed by atoms with Crippen molar-refractivity contribution in [2.45, 2.75) is 4.90 Å². The quantitative estimate of drug-likeness (QED) is 0.559. The lowest BCUT2D eigenvalue weighted by molar-refractivity contribution is -0.113. The molecule has 5 nitrogen and oxygen atoms in total. The summed E-state index contributed by atoms with van der Waals surface area (Å²) < 4.78 is 4.64. The van der Waals surface area contributed by atoms with Crippen LogP contribution in [0.3, 0.4) is 0 Å². The molecule has 0 aliphatic heterocycles. The van der Waals surface area contributed by atoms with Crippen LogP contribution >= 0.6 is 11.8 Å². The van der Waals surface area contributed by atoms with Crippen molar-refractivity contribution in [2.75, 3.05) is 18.2 Å². The van der Waals surface area contributed by atoms with Gasteiger partial charge in [0, 0.05) is 22.2 Å². The predicted octanol–water partition coefficient (Wildman–Crippen LogP) is 3.75. The molecule has 0 radical (unpaired) electrons. The first-order valence-corrected chi connectivity index (χ1v) is 8.61. The van der Waals surface area contributed by atoms with E-state index >= 15 is 0 Å². The summed E-state index contributed by atoms with van der Waals surface area (Å²) in [5, 5.41) is 3.86. The van der Waals surface area contributed by atoms with Crippen LogP contribution in [0.15, 0.2) is 65.7 Å². The van der Waals surface area contributed by atoms with E-state index in [1.165, 1.54) is 18.9 Å². The second kappa shape index (κ2) is 7.81. The molecule has 126 valence electrons. The molecule has 0 atom stereocenters. The van der Waals surface area contributed by atoms with E-state index in [-0.39, 0.29) is 11.7 Å². The SMILES string of the molecule is COC(=O)c1ccc(NC(=O)CSc2cccc3cccnc23)cc1. The average molecular weight is 352 g/mol. The van der Waals surface area contributed by atoms with Gasteiger partial charge in [-0.2, -0.15) is 0 Å². The van der Waals surface area contributed by atoms with Crippen LogP contribution in [0.4, 0.5) is 5.69 Å². The number of para-hydroxylation sites is 1. The third kappa shape index (κ3) is 4.16. The molecular formula is C19H16N2O3S. The second-order valence-corrected chi connectivity index (χ2v) is 6.25. The number of thioether (sulfide) groups is 1. The van der Waals surface area contributed by atoms with Crippen LogP contribution in [0.25, 0.3) is 10.9 Å². The molecule has 3 rings (SSSR count). The topological polar surface area (TPSA) is 68.3 Å². The van der Waals surface area contributed by atoms with E-state index in [2.05, 4.69) is 15.0 Å². The number of rotatable bonds is 5. The van der Waals surface area contributed by atoms with Crippen molar-refractivity contribution in [3.8, 4) is 0 Å². The zero-order chi connectivity index (χ0) is 17.6. The molecule has 0 fully saturated rings. The minimum Gasteiger partial charge on any atom is -0.465 e. The number of carbonyl (C=O) groups excluding carboxylic acids is 2. The lowest BCUT2D eigenvalue weighted by Gasteiger charge is -2.07. The first-order valence-electron chi connectivity index (χ1n) is 7.62. The highest BCUT2D eigenvalue weighted by molar-refractivity contribution is 8.00. The van der Waals surface area contributed by atoms with Crippen molar-refractivity contribution in [3.63, 3.8) is 0 Å². The van der Waals surface area contributed by atoms with Gasteiger partial charge in [-0.05, 0) is 36.4 Å². The molecule has 25 heavy (non-hydrogen) atoms. The molecule has 6 heteroatoms. The van der Waals surface area contributed by atoms with Gasteiger partial charge in [0.05, 0.1) is 23.9 Å². The highest BCUT2D eigenvalue weighted by atomic mass is 32.2. The number of ether oxygens (including phenoxy) is 1. The van der Waals surface area contributed by atoms with Crippen LogP contribution in [-0.4, -0.2) is 29.7 Å². The van der Waals surface area contributed by atoms with E-state index in [0.717, 1.165) is 15.8 Å². The molecule has 0 spiro atoms. The van der Waals surface area contributed by atoms with E-state index in [0.29, 0.717) is 11.3 Å². The number of aromatic nitrogens is 1. The Morgan fingerprint density at radius 2 is 1.84 bits per heavy atom. The lowest BCUT2D eigenvalue weighted by Crippen LogP contribution is -2.14. The fraction of sp³-hybridized carbons (Fsp3) is 0.105. The van der Waals surface area contributed by atoms with Gasteiger partial charge in [-0.25, -0.2) is 4.79 Å². The van der Waals surface area contributed by atoms with Crippen LogP contribution in [0, 0.1) is 0 Å². The molecule has 1 aromatic heterocycles. The Morgan fingerprint density at radius 1 is 1.08 bits per heavy atom. The monoisotopic (exact) mass is 352 g/mol. The van der Waals surface area contributed by atoms with Gasteiger partial charge in [0.15, 0.2) is 0 Å². The Kier molecular flexibility index (Phi) is 5.30. The van der Waals surface area contributed by atoms with Crippen LogP contribution in [0.5, 0.6) is 0 Å². The summed E-state index contributed by atoms with van der Waals surface area (Å²) in [5.74, 6) is -0.255. The van der Waals surface area contributed by atoms with Gasteiger partial charge in [0.1, 0.15) is 0 Å². The number of benzene rings is 2. The Hall–Kier alpha value is -2.86. The summed E-state index contributed by atoms with van der Waals surface area (Å²) in [6.45, 7) is 0. The zero-order valence-electron chi connectivity index (χ0n) is 13.6. The van der Waals surface area contributed by atoms with Gasteiger partial charge in [-0.3, -0.25) is 9.78 Å². The normalized spacial score (nSPS) is 10.4. The average Bonchev–Trinajstić information content (AvgIpc) is 2.66. The third-order valence-corrected chi connectivity index (χ3v) is 4.59. The summed E-state index contributed by atoms with van der Waals surface area (Å²) in [4.78, 5) is 28.9. The van der Waals surface area contributed by atoms with Crippen molar-refractivity contribution in [3.05, 3.63) is 66.4 Å². The van der Waals surface area contributed by atoms with Gasteiger partial charge in [0.2, 0.25) is 5.91 Å². The highest BCUT2D eigenvalue weighted by Crippen LogP contribution is 2.26. The summed E-state index contributed by atoms with van der Waals surface area (Å²) in [5.41, 5.74) is 1.97. The van der Waals surface area contributed by atoms with E-state index in [9.17, 15) is 9.59 Å². The maximum Gasteiger partial charge on any atom is 0.337 e. The highest BCUT2D eigenvalue weighted by Gasteiger charge is 2.08. The van der Waals surface area contributed by atoms with Crippen molar-refractivity contribution in [1.82, 2.24) is 4.98 Å². The number of carbonyl (C=O) groups is 2. The van der Waals surface area contributed by atoms with Gasteiger partial charge in [0.25, 0.3) is 0 Å². The number of hydrogen-bond donors (Lipinski definition) is 1. The molecule has 1 heterocycles. The molecule has 1 amide bonds. The lowest BCUT2D eigenvalue weighted by atomic mass is 10.2. The number of anilines is 1. The van der Waals surface area contributed by atoms with Crippen molar-refractivity contribution in [1.29, 1.82) is 0 Å². The summed E-state index contributed by atoms with van der Waals surface area (Å²) in [6.07, 6.45) is 1.75. The first-order chi connectivity index (χ1) is 12.2.